The highest BCUT2D eigenvalue weighted by atomic mass is 32.1. The predicted molar refractivity (Wildman–Crippen MR) is 159 cm³/mol. The molecule has 3 N–H and O–H groups in total. The monoisotopic (exact) mass is 526 g/mol. The van der Waals surface area contributed by atoms with E-state index in [2.05, 4.69) is 99.1 Å². The van der Waals surface area contributed by atoms with Crippen molar-refractivity contribution in [2.45, 2.75) is 20.0 Å². The second kappa shape index (κ2) is 9.94. The van der Waals surface area contributed by atoms with Crippen molar-refractivity contribution in [3.8, 4) is 33.1 Å². The van der Waals surface area contributed by atoms with Crippen molar-refractivity contribution in [2.24, 2.45) is 0 Å². The van der Waals surface area contributed by atoms with Crippen LogP contribution in [0.15, 0.2) is 97.3 Å². The summed E-state index contributed by atoms with van der Waals surface area (Å²) in [5.41, 5.74) is 10.0. The molecule has 0 unspecified atom stereocenters. The van der Waals surface area contributed by atoms with E-state index in [1.807, 2.05) is 41.9 Å². The summed E-state index contributed by atoms with van der Waals surface area (Å²) in [6.07, 6.45) is 3.77. The lowest BCUT2D eigenvalue weighted by molar-refractivity contribution is 0.691. The molecular weight excluding hydrogens is 500 g/mol. The van der Waals surface area contributed by atoms with E-state index in [9.17, 15) is 0 Å². The van der Waals surface area contributed by atoms with Crippen LogP contribution in [0.1, 0.15) is 16.0 Å². The molecule has 0 radical (unpaired) electrons. The zero-order valence-corrected chi connectivity index (χ0v) is 22.2. The number of nitrogens with zero attached hydrogens (tertiary/aromatic N) is 3. The first-order valence-corrected chi connectivity index (χ1v) is 13.8. The molecule has 0 aliphatic rings. The summed E-state index contributed by atoms with van der Waals surface area (Å²) >= 11 is 1.81. The van der Waals surface area contributed by atoms with Gasteiger partial charge in [0, 0.05) is 57.3 Å². The average Bonchev–Trinajstić information content (AvgIpc) is 3.71. The van der Waals surface area contributed by atoms with E-state index in [-0.39, 0.29) is 0 Å². The quantitative estimate of drug-likeness (QED) is 0.201. The first-order chi connectivity index (χ1) is 19.2. The molecule has 39 heavy (non-hydrogen) atoms. The van der Waals surface area contributed by atoms with Crippen LogP contribution in [0, 0.1) is 6.92 Å². The van der Waals surface area contributed by atoms with Gasteiger partial charge in [-0.05, 0) is 60.5 Å². The molecule has 0 saturated carbocycles. The minimum Gasteiger partial charge on any atom is -0.353 e. The van der Waals surface area contributed by atoms with Crippen molar-refractivity contribution in [1.82, 2.24) is 30.5 Å². The van der Waals surface area contributed by atoms with Crippen LogP contribution < -0.4 is 5.32 Å². The number of H-pyrrole nitrogens is 2. The van der Waals surface area contributed by atoms with Gasteiger partial charge in [0.2, 0.25) is 0 Å². The van der Waals surface area contributed by atoms with E-state index in [0.717, 1.165) is 57.8 Å². The van der Waals surface area contributed by atoms with Crippen molar-refractivity contribution in [2.75, 3.05) is 0 Å². The maximum atomic E-state index is 5.03. The Kier molecular flexibility index (Phi) is 6.00. The molecule has 6 nitrogen and oxygen atoms in total. The van der Waals surface area contributed by atoms with Crippen molar-refractivity contribution in [3.63, 3.8) is 0 Å². The predicted octanol–water partition coefficient (Wildman–Crippen LogP) is 7.49. The number of benzene rings is 2. The number of hydrogen-bond donors (Lipinski definition) is 3. The zero-order chi connectivity index (χ0) is 26.2. The van der Waals surface area contributed by atoms with Gasteiger partial charge >= 0.3 is 0 Å². The molecule has 2 aromatic carbocycles. The molecule has 0 bridgehead atoms. The largest absolute Gasteiger partial charge is 0.353 e. The van der Waals surface area contributed by atoms with Gasteiger partial charge in [0.25, 0.3) is 0 Å². The summed E-state index contributed by atoms with van der Waals surface area (Å²) in [7, 11) is 0. The van der Waals surface area contributed by atoms with Crippen LogP contribution in [-0.2, 0) is 13.1 Å². The van der Waals surface area contributed by atoms with E-state index in [1.54, 1.807) is 0 Å². The smallest absolute Gasteiger partial charge is 0.135 e. The van der Waals surface area contributed by atoms with Gasteiger partial charge in [-0.15, -0.1) is 11.3 Å². The number of pyridine rings is 2. The molecule has 7 rings (SSSR count). The third kappa shape index (κ3) is 4.63. The van der Waals surface area contributed by atoms with E-state index < -0.39 is 0 Å². The van der Waals surface area contributed by atoms with Gasteiger partial charge in [0.1, 0.15) is 11.2 Å². The number of nitrogens with one attached hydrogen (secondary N) is 3. The van der Waals surface area contributed by atoms with Crippen LogP contribution in [0.3, 0.4) is 0 Å². The Balaban J connectivity index is 1.20. The van der Waals surface area contributed by atoms with Crippen molar-refractivity contribution < 1.29 is 0 Å². The summed E-state index contributed by atoms with van der Waals surface area (Å²) in [5.74, 6) is 0. The number of thiophene rings is 1. The van der Waals surface area contributed by atoms with Gasteiger partial charge in [0.05, 0.1) is 16.9 Å². The molecule has 0 aliphatic carbocycles. The maximum absolute atomic E-state index is 5.03. The Morgan fingerprint density at radius 2 is 1.72 bits per heavy atom. The third-order valence-corrected chi connectivity index (χ3v) is 7.96. The fraction of sp³-hybridized carbons (Fsp3) is 0.0938. The van der Waals surface area contributed by atoms with Crippen LogP contribution in [-0.4, -0.2) is 25.1 Å². The van der Waals surface area contributed by atoms with Crippen molar-refractivity contribution in [1.29, 1.82) is 0 Å². The molecule has 190 valence electrons. The van der Waals surface area contributed by atoms with E-state index in [1.165, 1.54) is 26.3 Å². The summed E-state index contributed by atoms with van der Waals surface area (Å²) in [4.78, 5) is 15.7. The van der Waals surface area contributed by atoms with Crippen LogP contribution in [0.4, 0.5) is 0 Å². The fourth-order valence-electron chi connectivity index (χ4n) is 5.00. The van der Waals surface area contributed by atoms with Crippen LogP contribution in [0.25, 0.3) is 55.0 Å². The molecule has 0 spiro atoms. The minimum atomic E-state index is 0.732. The first-order valence-electron chi connectivity index (χ1n) is 12.9. The topological polar surface area (TPSA) is 82.3 Å². The molecule has 7 heteroatoms. The van der Waals surface area contributed by atoms with E-state index >= 15 is 0 Å². The van der Waals surface area contributed by atoms with Crippen molar-refractivity contribution in [3.05, 3.63) is 113 Å². The lowest BCUT2D eigenvalue weighted by Gasteiger charge is -2.07. The Hall–Kier alpha value is -4.59. The molecule has 0 amide bonds. The van der Waals surface area contributed by atoms with Crippen LogP contribution in [0.5, 0.6) is 0 Å². The number of rotatable bonds is 7. The molecule has 5 aromatic heterocycles. The third-order valence-electron chi connectivity index (χ3n) is 6.92. The molecule has 5 heterocycles. The first kappa shape index (κ1) is 23.5. The summed E-state index contributed by atoms with van der Waals surface area (Å²) in [6, 6.07) is 29.5. The minimum absolute atomic E-state index is 0.732. The SMILES string of the molecule is Cc1ccc(-c2cccc3[nH]c(-c4n[nH]c5ccc(-c6cncc(CNCc7ccccc7)c6)nc45)cc23)s1. The zero-order valence-electron chi connectivity index (χ0n) is 21.4. The number of aromatic amines is 2. The molecule has 0 fully saturated rings. The number of aryl methyl sites for hydroxylation is 1. The molecule has 7 aromatic rings. The lowest BCUT2D eigenvalue weighted by atomic mass is 10.1. The van der Waals surface area contributed by atoms with Gasteiger partial charge in [-0.3, -0.25) is 10.1 Å². The Morgan fingerprint density at radius 1 is 0.821 bits per heavy atom. The highest BCUT2D eigenvalue weighted by Gasteiger charge is 2.16. The van der Waals surface area contributed by atoms with E-state index in [4.69, 9.17) is 4.98 Å². The van der Waals surface area contributed by atoms with Crippen LogP contribution >= 0.6 is 11.3 Å². The second-order valence-electron chi connectivity index (χ2n) is 9.70. The molecular formula is C32H26N6S. The van der Waals surface area contributed by atoms with E-state index in [0.29, 0.717) is 0 Å². The van der Waals surface area contributed by atoms with Crippen molar-refractivity contribution >= 4 is 33.3 Å². The van der Waals surface area contributed by atoms with Gasteiger partial charge in [-0.1, -0.05) is 42.5 Å². The van der Waals surface area contributed by atoms with Gasteiger partial charge in [-0.25, -0.2) is 4.98 Å². The number of aromatic nitrogens is 5. The summed E-state index contributed by atoms with van der Waals surface area (Å²) in [5, 5.41) is 12.5. The molecule has 0 aliphatic heterocycles. The average molecular weight is 527 g/mol. The molecule has 0 saturated heterocycles. The summed E-state index contributed by atoms with van der Waals surface area (Å²) in [6.45, 7) is 3.69. The Morgan fingerprint density at radius 3 is 2.59 bits per heavy atom. The standard InChI is InChI=1S/C32H26N6S/c1-20-10-13-30(39-20)24-8-5-9-27-25(24)15-29(35-27)32-31-28(37-38-32)12-11-26(36-31)23-14-22(18-34-19-23)17-33-16-21-6-3-2-4-7-21/h2-15,18-19,33,35H,16-17H2,1H3,(H,37,38). The summed E-state index contributed by atoms with van der Waals surface area (Å²) < 4.78 is 0. The Labute approximate surface area is 229 Å². The van der Waals surface area contributed by atoms with Crippen LogP contribution in [0.2, 0.25) is 0 Å². The highest BCUT2D eigenvalue weighted by molar-refractivity contribution is 7.15. The van der Waals surface area contributed by atoms with Gasteiger partial charge < -0.3 is 10.3 Å². The number of hydrogen-bond acceptors (Lipinski definition) is 5. The highest BCUT2D eigenvalue weighted by Crippen LogP contribution is 2.36. The Bertz CT molecular complexity index is 1910. The van der Waals surface area contributed by atoms with Gasteiger partial charge in [-0.2, -0.15) is 5.10 Å². The second-order valence-corrected chi connectivity index (χ2v) is 11.0. The maximum Gasteiger partial charge on any atom is 0.135 e. The fourth-order valence-corrected chi connectivity index (χ4v) is 5.90. The molecule has 0 atom stereocenters. The van der Waals surface area contributed by atoms with Gasteiger partial charge in [0.15, 0.2) is 0 Å². The number of fused-ring (bicyclic) bond motifs is 2. The lowest BCUT2D eigenvalue weighted by Crippen LogP contribution is -2.12. The normalized spacial score (nSPS) is 11.5.